The Labute approximate surface area is 159 Å². The van der Waals surface area contributed by atoms with Crippen molar-refractivity contribution in [3.63, 3.8) is 0 Å². The molecular weight excluding hydrogens is 374 g/mol. The number of carbonyl (C=O) groups is 2. The van der Waals surface area contributed by atoms with Gasteiger partial charge < -0.3 is 15.0 Å². The molecule has 2 N–H and O–H groups in total. The summed E-state index contributed by atoms with van der Waals surface area (Å²) in [5.41, 5.74) is 1.82. The lowest BCUT2D eigenvalue weighted by Gasteiger charge is -2.26. The monoisotopic (exact) mass is 393 g/mol. The van der Waals surface area contributed by atoms with E-state index in [2.05, 4.69) is 20.8 Å². The minimum atomic E-state index is -0.383. The molecule has 2 heterocycles. The first-order chi connectivity index (χ1) is 12.6. The number of benzene rings is 1. The number of anilines is 2. The normalized spacial score (nSPS) is 14.1. The quantitative estimate of drug-likeness (QED) is 0.598. The zero-order valence-corrected chi connectivity index (χ0v) is 15.9. The summed E-state index contributed by atoms with van der Waals surface area (Å²) < 4.78 is 5.87. The summed E-state index contributed by atoms with van der Waals surface area (Å²) in [7, 11) is 0. The summed E-state index contributed by atoms with van der Waals surface area (Å²) in [5, 5.41) is 13.7. The lowest BCUT2D eigenvalue weighted by Crippen LogP contribution is -2.41. The summed E-state index contributed by atoms with van der Waals surface area (Å²) in [6.07, 6.45) is 0. The van der Waals surface area contributed by atoms with E-state index in [-0.39, 0.29) is 11.9 Å². The van der Waals surface area contributed by atoms with Crippen molar-refractivity contribution in [2.75, 3.05) is 42.7 Å². The summed E-state index contributed by atoms with van der Waals surface area (Å²) in [4.78, 5) is 25.9. The molecule has 1 aliphatic heterocycles. The number of hydrogen-bond donors (Lipinski definition) is 2. The van der Waals surface area contributed by atoms with E-state index in [0.717, 1.165) is 5.56 Å². The molecule has 8 nitrogen and oxygen atoms in total. The SMILES string of the molecule is Cc1ccc(NC(=O)Nc2nnc(SCC(=O)N3CCOCC3)s2)cc1. The first kappa shape index (κ1) is 18.6. The number of aromatic nitrogens is 2. The molecular formula is C16H19N5O3S2. The van der Waals surface area contributed by atoms with E-state index in [1.807, 2.05) is 31.2 Å². The maximum absolute atomic E-state index is 12.1. The van der Waals surface area contributed by atoms with Crippen molar-refractivity contribution in [1.29, 1.82) is 0 Å². The molecule has 0 bridgehead atoms. The zero-order chi connectivity index (χ0) is 18.4. The highest BCUT2D eigenvalue weighted by Crippen LogP contribution is 2.26. The van der Waals surface area contributed by atoms with Gasteiger partial charge in [0.15, 0.2) is 4.34 Å². The second-order valence-electron chi connectivity index (χ2n) is 5.60. The average Bonchev–Trinajstić information content (AvgIpc) is 3.09. The van der Waals surface area contributed by atoms with E-state index < -0.39 is 0 Å². The number of nitrogens with one attached hydrogen (secondary N) is 2. The molecule has 3 amide bonds. The Morgan fingerprint density at radius 2 is 1.92 bits per heavy atom. The Balaban J connectivity index is 1.45. The van der Waals surface area contributed by atoms with Crippen LogP contribution < -0.4 is 10.6 Å². The highest BCUT2D eigenvalue weighted by atomic mass is 32.2. The van der Waals surface area contributed by atoms with Gasteiger partial charge in [-0.1, -0.05) is 40.8 Å². The number of hydrogen-bond acceptors (Lipinski definition) is 7. The molecule has 0 radical (unpaired) electrons. The van der Waals surface area contributed by atoms with Crippen molar-refractivity contribution in [1.82, 2.24) is 15.1 Å². The highest BCUT2D eigenvalue weighted by Gasteiger charge is 2.18. The molecule has 0 saturated carbocycles. The standard InChI is InChI=1S/C16H19N5O3S2/c1-11-2-4-12(5-3-11)17-14(23)18-15-19-20-16(26-15)25-10-13(22)21-6-8-24-9-7-21/h2-5H,6-10H2,1H3,(H2,17,18,19,23). The second-order valence-corrected chi connectivity index (χ2v) is 7.80. The third kappa shape index (κ3) is 5.41. The van der Waals surface area contributed by atoms with Crippen LogP contribution in [0.5, 0.6) is 0 Å². The van der Waals surface area contributed by atoms with E-state index in [1.54, 1.807) is 4.90 Å². The van der Waals surface area contributed by atoms with Crippen LogP contribution in [-0.2, 0) is 9.53 Å². The van der Waals surface area contributed by atoms with Crippen LogP contribution in [0.25, 0.3) is 0 Å². The molecule has 26 heavy (non-hydrogen) atoms. The van der Waals surface area contributed by atoms with Crippen LogP contribution in [0.1, 0.15) is 5.56 Å². The van der Waals surface area contributed by atoms with Crippen LogP contribution in [0.2, 0.25) is 0 Å². The number of amides is 3. The number of aryl methyl sites for hydroxylation is 1. The number of rotatable bonds is 5. The number of nitrogens with zero attached hydrogens (tertiary/aromatic N) is 3. The van der Waals surface area contributed by atoms with Gasteiger partial charge in [-0.15, -0.1) is 10.2 Å². The van der Waals surface area contributed by atoms with Gasteiger partial charge in [-0.2, -0.15) is 0 Å². The predicted octanol–water partition coefficient (Wildman–Crippen LogP) is 2.44. The Hall–Kier alpha value is -2.17. The molecule has 1 fully saturated rings. The molecule has 1 aromatic heterocycles. The number of urea groups is 1. The lowest BCUT2D eigenvalue weighted by molar-refractivity contribution is -0.132. The highest BCUT2D eigenvalue weighted by molar-refractivity contribution is 8.01. The van der Waals surface area contributed by atoms with Gasteiger partial charge in [0.25, 0.3) is 0 Å². The minimum absolute atomic E-state index is 0.0557. The topological polar surface area (TPSA) is 96.4 Å². The molecule has 0 spiro atoms. The maximum atomic E-state index is 12.1. The molecule has 0 atom stereocenters. The molecule has 3 rings (SSSR count). The number of carbonyl (C=O) groups excluding carboxylic acids is 2. The molecule has 1 aromatic carbocycles. The molecule has 10 heteroatoms. The fourth-order valence-corrected chi connectivity index (χ4v) is 3.89. The Morgan fingerprint density at radius 1 is 1.19 bits per heavy atom. The van der Waals surface area contributed by atoms with E-state index in [1.165, 1.54) is 23.1 Å². The van der Waals surface area contributed by atoms with Gasteiger partial charge in [0.1, 0.15) is 0 Å². The minimum Gasteiger partial charge on any atom is -0.378 e. The van der Waals surface area contributed by atoms with Crippen LogP contribution in [0, 0.1) is 6.92 Å². The fraction of sp³-hybridized carbons (Fsp3) is 0.375. The summed E-state index contributed by atoms with van der Waals surface area (Å²) in [5.74, 6) is 0.351. The van der Waals surface area contributed by atoms with E-state index in [4.69, 9.17) is 4.74 Å². The second kappa shape index (κ2) is 8.97. The van der Waals surface area contributed by atoms with Crippen molar-refractivity contribution >= 4 is 45.9 Å². The Bertz CT molecular complexity index is 760. The Morgan fingerprint density at radius 3 is 2.65 bits per heavy atom. The van der Waals surface area contributed by atoms with Crippen molar-refractivity contribution in [3.8, 4) is 0 Å². The molecule has 0 aliphatic carbocycles. The Kier molecular flexibility index (Phi) is 6.42. The lowest BCUT2D eigenvalue weighted by atomic mass is 10.2. The van der Waals surface area contributed by atoms with Gasteiger partial charge in [0, 0.05) is 18.8 Å². The first-order valence-corrected chi connectivity index (χ1v) is 9.87. The van der Waals surface area contributed by atoms with Gasteiger partial charge in [0.2, 0.25) is 11.0 Å². The predicted molar refractivity (Wildman–Crippen MR) is 102 cm³/mol. The van der Waals surface area contributed by atoms with Crippen LogP contribution in [-0.4, -0.2) is 59.1 Å². The third-order valence-electron chi connectivity index (χ3n) is 3.62. The van der Waals surface area contributed by atoms with Crippen LogP contribution in [0.4, 0.5) is 15.6 Å². The van der Waals surface area contributed by atoms with Gasteiger partial charge in [-0.05, 0) is 19.1 Å². The van der Waals surface area contributed by atoms with Crippen LogP contribution in [0.15, 0.2) is 28.6 Å². The molecule has 138 valence electrons. The van der Waals surface area contributed by atoms with Gasteiger partial charge in [-0.3, -0.25) is 10.1 Å². The molecule has 1 aliphatic rings. The van der Waals surface area contributed by atoms with Gasteiger partial charge in [0.05, 0.1) is 19.0 Å². The molecule has 0 unspecified atom stereocenters. The first-order valence-electron chi connectivity index (χ1n) is 8.06. The van der Waals surface area contributed by atoms with Crippen LogP contribution >= 0.6 is 23.1 Å². The van der Waals surface area contributed by atoms with Crippen molar-refractivity contribution < 1.29 is 14.3 Å². The fourth-order valence-electron chi connectivity index (χ4n) is 2.24. The maximum Gasteiger partial charge on any atom is 0.325 e. The molecule has 1 saturated heterocycles. The van der Waals surface area contributed by atoms with Gasteiger partial charge in [-0.25, -0.2) is 4.79 Å². The van der Waals surface area contributed by atoms with E-state index >= 15 is 0 Å². The smallest absolute Gasteiger partial charge is 0.325 e. The number of thioether (sulfide) groups is 1. The summed E-state index contributed by atoms with van der Waals surface area (Å²) >= 11 is 2.55. The van der Waals surface area contributed by atoms with Crippen molar-refractivity contribution in [3.05, 3.63) is 29.8 Å². The zero-order valence-electron chi connectivity index (χ0n) is 14.2. The van der Waals surface area contributed by atoms with Crippen LogP contribution in [0.3, 0.4) is 0 Å². The summed E-state index contributed by atoms with van der Waals surface area (Å²) in [6.45, 7) is 4.40. The third-order valence-corrected chi connectivity index (χ3v) is 5.58. The molecule has 2 aromatic rings. The van der Waals surface area contributed by atoms with Gasteiger partial charge >= 0.3 is 6.03 Å². The summed E-state index contributed by atoms with van der Waals surface area (Å²) in [6, 6.07) is 7.11. The average molecular weight is 393 g/mol. The van der Waals surface area contributed by atoms with E-state index in [0.29, 0.717) is 47.2 Å². The van der Waals surface area contributed by atoms with E-state index in [9.17, 15) is 9.59 Å². The number of morpholine rings is 1. The largest absolute Gasteiger partial charge is 0.378 e. The number of ether oxygens (including phenoxy) is 1. The van der Waals surface area contributed by atoms with Crippen molar-refractivity contribution in [2.24, 2.45) is 0 Å². The van der Waals surface area contributed by atoms with Crippen molar-refractivity contribution in [2.45, 2.75) is 11.3 Å².